The van der Waals surface area contributed by atoms with Gasteiger partial charge in [0.1, 0.15) is 5.75 Å². The molecule has 0 atom stereocenters. The van der Waals surface area contributed by atoms with Gasteiger partial charge >= 0.3 is 0 Å². The maximum absolute atomic E-state index is 12.7. The summed E-state index contributed by atoms with van der Waals surface area (Å²) in [5, 5.41) is 0. The molecule has 5 nitrogen and oxygen atoms in total. The highest BCUT2D eigenvalue weighted by atomic mass is 32.2. The summed E-state index contributed by atoms with van der Waals surface area (Å²) in [7, 11) is -2.01. The molecule has 2 aromatic carbocycles. The summed E-state index contributed by atoms with van der Waals surface area (Å²) in [5.74, 6) is 0.688. The van der Waals surface area contributed by atoms with Crippen LogP contribution >= 0.6 is 0 Å². The second-order valence-electron chi connectivity index (χ2n) is 6.25. The van der Waals surface area contributed by atoms with Gasteiger partial charge in [-0.05, 0) is 68.7 Å². The summed E-state index contributed by atoms with van der Waals surface area (Å²) in [4.78, 5) is 2.54. The zero-order valence-corrected chi connectivity index (χ0v) is 17.0. The Morgan fingerprint density at radius 2 is 1.62 bits per heavy atom. The van der Waals surface area contributed by atoms with Crippen LogP contribution in [0.4, 0.5) is 5.69 Å². The van der Waals surface area contributed by atoms with Gasteiger partial charge in [-0.2, -0.15) is 0 Å². The lowest BCUT2D eigenvalue weighted by molar-refractivity contribution is 0.411. The van der Waals surface area contributed by atoms with E-state index in [9.17, 15) is 8.42 Å². The van der Waals surface area contributed by atoms with E-state index in [0.717, 1.165) is 29.9 Å². The molecular weight excluding hydrogens is 348 g/mol. The minimum Gasteiger partial charge on any atom is -0.496 e. The van der Waals surface area contributed by atoms with E-state index in [4.69, 9.17) is 4.74 Å². The van der Waals surface area contributed by atoms with Crippen molar-refractivity contribution < 1.29 is 13.2 Å². The molecule has 0 heterocycles. The normalized spacial score (nSPS) is 11.4. The third kappa shape index (κ3) is 4.56. The number of ether oxygens (including phenoxy) is 1. The van der Waals surface area contributed by atoms with Gasteiger partial charge in [0.15, 0.2) is 0 Å². The number of rotatable bonds is 8. The lowest BCUT2D eigenvalue weighted by Crippen LogP contribution is -2.24. The van der Waals surface area contributed by atoms with Crippen LogP contribution in [0, 0.1) is 13.8 Å². The number of anilines is 1. The Hall–Kier alpha value is -2.05. The molecule has 0 bridgehead atoms. The minimum absolute atomic E-state index is 0.255. The first kappa shape index (κ1) is 20.3. The van der Waals surface area contributed by atoms with Crippen molar-refractivity contribution in [3.8, 4) is 5.75 Å². The molecule has 1 N–H and O–H groups in total. The predicted octanol–water partition coefficient (Wildman–Crippen LogP) is 3.64. The number of hydrogen-bond donors (Lipinski definition) is 1. The predicted molar refractivity (Wildman–Crippen MR) is 106 cm³/mol. The average Bonchev–Trinajstić information content (AvgIpc) is 2.63. The summed E-state index contributed by atoms with van der Waals surface area (Å²) in [6.45, 7) is 9.98. The number of nitrogens with one attached hydrogen (secondary N) is 1. The molecule has 0 unspecified atom stereocenters. The fraction of sp³-hybridized carbons (Fsp3) is 0.400. The molecule has 142 valence electrons. The lowest BCUT2D eigenvalue weighted by atomic mass is 10.1. The van der Waals surface area contributed by atoms with Crippen molar-refractivity contribution in [3.63, 3.8) is 0 Å². The molecule has 2 aromatic rings. The van der Waals surface area contributed by atoms with Crippen molar-refractivity contribution in [1.82, 2.24) is 4.72 Å². The van der Waals surface area contributed by atoms with E-state index in [1.165, 1.54) is 0 Å². The first-order valence-corrected chi connectivity index (χ1v) is 10.3. The highest BCUT2D eigenvalue weighted by molar-refractivity contribution is 7.89. The van der Waals surface area contributed by atoms with Gasteiger partial charge in [0, 0.05) is 25.3 Å². The summed E-state index contributed by atoms with van der Waals surface area (Å²) in [6.07, 6.45) is 0. The van der Waals surface area contributed by atoms with Crippen molar-refractivity contribution in [3.05, 3.63) is 53.1 Å². The Bertz CT molecular complexity index is 842. The van der Waals surface area contributed by atoms with E-state index in [2.05, 4.69) is 23.5 Å². The summed E-state index contributed by atoms with van der Waals surface area (Å²) in [5.41, 5.74) is 3.52. The highest BCUT2D eigenvalue weighted by Crippen LogP contribution is 2.25. The van der Waals surface area contributed by atoms with Crippen molar-refractivity contribution in [2.45, 2.75) is 39.1 Å². The molecule has 0 aliphatic rings. The molecule has 0 aliphatic carbocycles. The smallest absolute Gasteiger partial charge is 0.241 e. The molecule has 0 aliphatic heterocycles. The average molecular weight is 377 g/mol. The van der Waals surface area contributed by atoms with Crippen molar-refractivity contribution >= 4 is 15.7 Å². The van der Waals surface area contributed by atoms with E-state index < -0.39 is 10.0 Å². The van der Waals surface area contributed by atoms with Gasteiger partial charge in [0.25, 0.3) is 0 Å². The number of methoxy groups -OCH3 is 1. The molecule has 6 heteroatoms. The monoisotopic (exact) mass is 376 g/mol. The Labute approximate surface area is 157 Å². The van der Waals surface area contributed by atoms with Gasteiger partial charge in [-0.25, -0.2) is 13.1 Å². The number of aryl methyl sites for hydroxylation is 2. The van der Waals surface area contributed by atoms with Gasteiger partial charge in [0.2, 0.25) is 10.0 Å². The summed E-state index contributed by atoms with van der Waals surface area (Å²) < 4.78 is 33.3. The van der Waals surface area contributed by atoms with Crippen LogP contribution in [0.25, 0.3) is 0 Å². The number of hydrogen-bond acceptors (Lipinski definition) is 4. The summed E-state index contributed by atoms with van der Waals surface area (Å²) >= 11 is 0. The van der Waals surface area contributed by atoms with Crippen LogP contribution in [0.3, 0.4) is 0 Å². The molecule has 0 aromatic heterocycles. The first-order chi connectivity index (χ1) is 12.3. The van der Waals surface area contributed by atoms with Crippen LogP contribution in [0.5, 0.6) is 5.75 Å². The van der Waals surface area contributed by atoms with Crippen LogP contribution in [0.2, 0.25) is 0 Å². The molecule has 0 radical (unpaired) electrons. The van der Waals surface area contributed by atoms with Crippen LogP contribution < -0.4 is 14.4 Å². The fourth-order valence-electron chi connectivity index (χ4n) is 2.94. The Kier molecular flexibility index (Phi) is 6.67. The van der Waals surface area contributed by atoms with Crippen molar-refractivity contribution in [1.29, 1.82) is 0 Å². The second kappa shape index (κ2) is 8.56. The van der Waals surface area contributed by atoms with Gasteiger partial charge in [-0.15, -0.1) is 0 Å². The van der Waals surface area contributed by atoms with Crippen LogP contribution in [0.1, 0.15) is 30.5 Å². The number of nitrogens with zero attached hydrogens (tertiary/aromatic N) is 1. The van der Waals surface area contributed by atoms with Crippen LogP contribution in [0.15, 0.2) is 41.3 Å². The molecule has 0 saturated heterocycles. The maximum Gasteiger partial charge on any atom is 0.241 e. The van der Waals surface area contributed by atoms with Gasteiger partial charge in [-0.3, -0.25) is 0 Å². The zero-order valence-electron chi connectivity index (χ0n) is 16.2. The van der Waals surface area contributed by atoms with Crippen LogP contribution in [-0.4, -0.2) is 28.6 Å². The largest absolute Gasteiger partial charge is 0.496 e. The SMILES string of the molecule is CCN(CC)c1ccc(CNS(=O)(=O)c2cc(C)c(OC)cc2C)cc1. The third-order valence-electron chi connectivity index (χ3n) is 4.51. The van der Waals surface area contributed by atoms with Gasteiger partial charge < -0.3 is 9.64 Å². The first-order valence-electron chi connectivity index (χ1n) is 8.81. The van der Waals surface area contributed by atoms with Gasteiger partial charge in [0.05, 0.1) is 12.0 Å². The van der Waals surface area contributed by atoms with E-state index in [1.807, 2.05) is 31.2 Å². The molecular formula is C20H28N2O3S. The fourth-order valence-corrected chi connectivity index (χ4v) is 4.27. The van der Waals surface area contributed by atoms with E-state index in [0.29, 0.717) is 11.3 Å². The lowest BCUT2D eigenvalue weighted by Gasteiger charge is -2.21. The Balaban J connectivity index is 2.14. The zero-order chi connectivity index (χ0) is 19.3. The Morgan fingerprint density at radius 1 is 1.00 bits per heavy atom. The maximum atomic E-state index is 12.7. The van der Waals surface area contributed by atoms with Crippen molar-refractivity contribution in [2.24, 2.45) is 0 Å². The van der Waals surface area contributed by atoms with E-state index >= 15 is 0 Å². The molecule has 0 amide bonds. The quantitative estimate of drug-likeness (QED) is 0.764. The Morgan fingerprint density at radius 3 is 2.15 bits per heavy atom. The van der Waals surface area contributed by atoms with Gasteiger partial charge in [-0.1, -0.05) is 12.1 Å². The molecule has 2 rings (SSSR count). The topological polar surface area (TPSA) is 58.6 Å². The van der Waals surface area contributed by atoms with Crippen LogP contribution in [-0.2, 0) is 16.6 Å². The third-order valence-corrected chi connectivity index (χ3v) is 6.06. The number of benzene rings is 2. The molecule has 0 saturated carbocycles. The van der Waals surface area contributed by atoms with E-state index in [-0.39, 0.29) is 11.4 Å². The summed E-state index contributed by atoms with van der Waals surface area (Å²) in [6, 6.07) is 11.4. The molecule has 26 heavy (non-hydrogen) atoms. The van der Waals surface area contributed by atoms with E-state index in [1.54, 1.807) is 26.2 Å². The second-order valence-corrected chi connectivity index (χ2v) is 7.99. The minimum atomic E-state index is -3.59. The highest BCUT2D eigenvalue weighted by Gasteiger charge is 2.18. The van der Waals surface area contributed by atoms with Crippen molar-refractivity contribution in [2.75, 3.05) is 25.1 Å². The molecule has 0 fully saturated rings. The molecule has 0 spiro atoms. The number of sulfonamides is 1. The standard InChI is InChI=1S/C20H28N2O3S/c1-6-22(7-2)18-10-8-17(9-11-18)14-21-26(23,24)20-13-15(3)19(25-5)12-16(20)4/h8-13,21H,6-7,14H2,1-5H3.